The lowest BCUT2D eigenvalue weighted by Gasteiger charge is -2.16. The summed E-state index contributed by atoms with van der Waals surface area (Å²) >= 11 is 5.41. The zero-order valence-corrected chi connectivity index (χ0v) is 75.8. The van der Waals surface area contributed by atoms with E-state index in [2.05, 4.69) is 240 Å². The summed E-state index contributed by atoms with van der Waals surface area (Å²) < 4.78 is 18.6. The predicted molar refractivity (Wildman–Crippen MR) is 566 cm³/mol. The lowest BCUT2D eigenvalue weighted by atomic mass is 10.0. The predicted octanol–water partition coefficient (Wildman–Crippen LogP) is 31.3. The summed E-state index contributed by atoms with van der Waals surface area (Å²) in [5.41, 5.74) is 18.0. The summed E-state index contributed by atoms with van der Waals surface area (Å²) in [7, 11) is 0. The lowest BCUT2D eigenvalue weighted by molar-refractivity contribution is 0.669. The van der Waals surface area contributed by atoms with E-state index < -0.39 is 0 Å². The van der Waals surface area contributed by atoms with Crippen molar-refractivity contribution in [2.45, 2.75) is 0 Å². The topological polar surface area (TPSA) is 178 Å². The molecule has 18 aromatic carbocycles. The Morgan fingerprint density at radius 2 is 0.435 bits per heavy atom. The first kappa shape index (κ1) is 79.8. The number of aromatic nitrogens is 14. The van der Waals surface area contributed by atoms with Crippen molar-refractivity contribution in [3.8, 4) is 148 Å². The van der Waals surface area contributed by atoms with Gasteiger partial charge >= 0.3 is 0 Å². The third-order valence-electron chi connectivity index (χ3n) is 25.8. The summed E-state index contributed by atoms with van der Waals surface area (Å²) in [5, 5.41) is 13.9. The Bertz CT molecular complexity index is 9630. The van der Waals surface area contributed by atoms with Gasteiger partial charge < -0.3 is 13.6 Å². The molecule has 0 unspecified atom stereocenters. The van der Waals surface area contributed by atoms with Crippen LogP contribution in [0, 0.1) is 0 Å². The highest BCUT2D eigenvalue weighted by Crippen LogP contribution is 2.48. The monoisotopic (exact) mass is 1820 g/mol. The molecule has 0 aliphatic heterocycles. The van der Waals surface area contributed by atoms with E-state index in [9.17, 15) is 0 Å². The van der Waals surface area contributed by atoms with Gasteiger partial charge in [-0.15, -0.1) is 34.0 Å². The van der Waals surface area contributed by atoms with Crippen LogP contribution in [0.15, 0.2) is 429 Å². The fourth-order valence-electron chi connectivity index (χ4n) is 19.3. The number of para-hydroxylation sites is 3. The summed E-state index contributed by atoms with van der Waals surface area (Å²) in [6, 6.07) is 147. The highest BCUT2D eigenvalue weighted by molar-refractivity contribution is 7.26. The maximum absolute atomic E-state index is 6.46. The minimum atomic E-state index is 0.507. The van der Waals surface area contributed by atoms with Crippen molar-refractivity contribution in [1.29, 1.82) is 0 Å². The van der Waals surface area contributed by atoms with Crippen LogP contribution < -0.4 is 0 Å². The third kappa shape index (κ3) is 14.0. The number of benzene rings is 18. The number of hydrogen-bond donors (Lipinski definition) is 0. The molecule has 28 aromatic rings. The maximum atomic E-state index is 6.46. The van der Waals surface area contributed by atoms with E-state index in [0.717, 1.165) is 138 Å². The average molecular weight is 1820 g/mol. The minimum absolute atomic E-state index is 0.507. The molecule has 15 nitrogen and oxygen atoms in total. The van der Waals surface area contributed by atoms with Crippen molar-refractivity contribution in [2.75, 3.05) is 0 Å². The highest BCUT2D eigenvalue weighted by atomic mass is 32.1. The third-order valence-corrected chi connectivity index (χ3v) is 29.2. The Balaban J connectivity index is 0.000000139. The summed E-state index contributed by atoms with van der Waals surface area (Å²) in [6.45, 7) is 0. The van der Waals surface area contributed by atoms with Crippen molar-refractivity contribution in [2.24, 2.45) is 0 Å². The van der Waals surface area contributed by atoms with E-state index in [0.29, 0.717) is 69.9 Å². The van der Waals surface area contributed by atoms with Crippen LogP contribution in [0.4, 0.5) is 0 Å². The first-order valence-electron chi connectivity index (χ1n) is 45.5. The van der Waals surface area contributed by atoms with Crippen molar-refractivity contribution < 1.29 is 4.42 Å². The molecule has 28 rings (SSSR count). The molecule has 10 aromatic heterocycles. The van der Waals surface area contributed by atoms with E-state index in [4.69, 9.17) is 64.2 Å². The van der Waals surface area contributed by atoms with Crippen LogP contribution in [0.25, 0.3) is 274 Å². The number of nitrogens with zero attached hydrogens (tertiary/aromatic N) is 14. The zero-order valence-electron chi connectivity index (χ0n) is 73.3. The Hall–Kier alpha value is -17.9. The summed E-state index contributed by atoms with van der Waals surface area (Å²) in [5.74, 6) is 6.73. The fourth-order valence-corrected chi connectivity index (χ4v) is 22.6. The van der Waals surface area contributed by atoms with Crippen molar-refractivity contribution >= 4 is 160 Å². The molecule has 0 aliphatic carbocycles. The zero-order chi connectivity index (χ0) is 90.8. The fraction of sp³-hybridized carbons (Fsp3) is 0. The minimum Gasteiger partial charge on any atom is -0.456 e. The molecule has 0 fully saturated rings. The number of hydrogen-bond acceptors (Lipinski definition) is 16. The van der Waals surface area contributed by atoms with Crippen LogP contribution in [-0.4, -0.2) is 68.9 Å². The van der Waals surface area contributed by atoms with Crippen molar-refractivity contribution in [3.05, 3.63) is 425 Å². The molecular formula is C120H70N14OS3. The standard InChI is InChI=1S/C60H35N7OS.C60H35N7S2/c1-4-16-36(17-5-1)55-62-58(64-59(63-55)40-29-31-54-46(32-40)43-24-12-15-27-53(43)69-54)39-28-30-49(47(33-39)60-65-56(37-18-6-2-7-19-37)61-57(66-60)38-20-8-3-9-21-38)67-48-25-13-10-22-41(48)44-35-52-45(34-50(44)67)42-23-11-14-26-51(42)68-52;1-4-16-36(17-5-1)55-62-58(64-59(63-55)40-28-30-44-42-23-11-14-26-51(42)68-53(44)33-40)39-29-31-49(47(32-39)60-65-56(37-18-6-2-7-19-37)61-57(66-60)38-20-8-3-9-21-38)67-48-25-13-10-22-41(48)45-35-54-46(34-50(45)67)43-24-12-15-27-52(43)69-54/h2*1-35H. The van der Waals surface area contributed by atoms with Gasteiger partial charge in [0.2, 0.25) is 0 Å². The van der Waals surface area contributed by atoms with E-state index >= 15 is 0 Å². The quantitative estimate of drug-likeness (QED) is 0.101. The van der Waals surface area contributed by atoms with Gasteiger partial charge in [-0.05, 0) is 121 Å². The lowest BCUT2D eigenvalue weighted by Crippen LogP contribution is -2.05. The summed E-state index contributed by atoms with van der Waals surface area (Å²) in [6.07, 6.45) is 0. The van der Waals surface area contributed by atoms with Crippen molar-refractivity contribution in [1.82, 2.24) is 68.9 Å². The van der Waals surface area contributed by atoms with Gasteiger partial charge in [-0.3, -0.25) is 0 Å². The van der Waals surface area contributed by atoms with Gasteiger partial charge in [0.05, 0.1) is 33.4 Å². The number of thiophene rings is 3. The number of furan rings is 1. The van der Waals surface area contributed by atoms with Crippen LogP contribution in [0.3, 0.4) is 0 Å². The number of rotatable bonds is 14. The van der Waals surface area contributed by atoms with E-state index in [1.54, 1.807) is 22.7 Å². The molecule has 138 heavy (non-hydrogen) atoms. The van der Waals surface area contributed by atoms with Gasteiger partial charge in [-0.1, -0.05) is 303 Å². The van der Waals surface area contributed by atoms with Crippen LogP contribution >= 0.6 is 34.0 Å². The second-order valence-corrected chi connectivity index (χ2v) is 37.4. The average Bonchev–Trinajstić information content (AvgIpc) is 1.56. The van der Waals surface area contributed by atoms with Crippen LogP contribution in [0.1, 0.15) is 0 Å². The Labute approximate surface area is 800 Å². The van der Waals surface area contributed by atoms with Crippen LogP contribution in [0.5, 0.6) is 0 Å². The molecule has 18 heteroatoms. The molecule has 0 bridgehead atoms. The van der Waals surface area contributed by atoms with Gasteiger partial charge in [0.25, 0.3) is 0 Å². The SMILES string of the molecule is c1ccc(-c2nc(-c3ccc(-n4c5ccccc5c5cc6oc7ccccc7c6cc54)c(-c4nc(-c5ccccc5)nc(-c5ccccc5)n4)c3)nc(-c3ccc4sc5ccccc5c4c3)n2)cc1.c1ccc(-c2nc(-c3ccc(-n4c5ccccc5c5cc6sc7ccccc7c6cc54)c(-c4nc(-c5ccccc5)nc(-c5ccccc5)n4)c3)nc(-c3ccc4c(c3)sc3ccccc34)n2)cc1. The second kappa shape index (κ2) is 33.1. The first-order chi connectivity index (χ1) is 68.3. The normalized spacial score (nSPS) is 11.8. The van der Waals surface area contributed by atoms with Crippen LogP contribution in [0.2, 0.25) is 0 Å². The van der Waals surface area contributed by atoms with Gasteiger partial charge in [-0.25, -0.2) is 59.8 Å². The Morgan fingerprint density at radius 3 is 0.862 bits per heavy atom. The van der Waals surface area contributed by atoms with Gasteiger partial charge in [0, 0.05) is 160 Å². The largest absolute Gasteiger partial charge is 0.456 e. The van der Waals surface area contributed by atoms with Gasteiger partial charge in [0.15, 0.2) is 69.9 Å². The molecule has 0 N–H and O–H groups in total. The molecular weight excluding hydrogens is 1750 g/mol. The molecule has 0 spiro atoms. The van der Waals surface area contributed by atoms with Gasteiger partial charge in [0.1, 0.15) is 11.2 Å². The smallest absolute Gasteiger partial charge is 0.166 e. The summed E-state index contributed by atoms with van der Waals surface area (Å²) in [4.78, 5) is 62.8. The first-order valence-corrected chi connectivity index (χ1v) is 48.0. The Morgan fingerprint density at radius 1 is 0.152 bits per heavy atom. The number of fused-ring (bicyclic) bond motifs is 18. The Kier molecular flexibility index (Phi) is 19.1. The van der Waals surface area contributed by atoms with Crippen LogP contribution in [-0.2, 0) is 0 Å². The molecule has 10 heterocycles. The van der Waals surface area contributed by atoms with E-state index in [1.807, 2.05) is 205 Å². The van der Waals surface area contributed by atoms with Gasteiger partial charge in [-0.2, -0.15) is 0 Å². The second-order valence-electron chi connectivity index (χ2n) is 34.1. The molecule has 0 saturated heterocycles. The molecule has 0 radical (unpaired) electrons. The maximum Gasteiger partial charge on any atom is 0.166 e. The molecule has 0 amide bonds. The van der Waals surface area contributed by atoms with Crippen molar-refractivity contribution in [3.63, 3.8) is 0 Å². The molecule has 0 saturated carbocycles. The molecule has 644 valence electrons. The molecule has 0 atom stereocenters. The molecule has 0 aliphatic rings. The highest BCUT2D eigenvalue weighted by Gasteiger charge is 2.28. The van der Waals surface area contributed by atoms with E-state index in [1.165, 1.54) is 65.9 Å². The van der Waals surface area contributed by atoms with E-state index in [-0.39, 0.29) is 0 Å².